The highest BCUT2D eigenvalue weighted by Gasteiger charge is 2.27. The van der Waals surface area contributed by atoms with Crippen molar-refractivity contribution in [2.24, 2.45) is 0 Å². The van der Waals surface area contributed by atoms with Gasteiger partial charge < -0.3 is 28.5 Å². The van der Waals surface area contributed by atoms with Crippen LogP contribution in [0.5, 0.6) is 0 Å². The molecule has 0 spiro atoms. The molecule has 76 heavy (non-hydrogen) atoms. The van der Waals surface area contributed by atoms with E-state index in [1.807, 2.05) is 33.3 Å². The highest BCUT2D eigenvalue weighted by molar-refractivity contribution is 7.45. The van der Waals surface area contributed by atoms with Crippen molar-refractivity contribution >= 4 is 19.7 Å². The molecule has 0 radical (unpaired) electrons. The van der Waals surface area contributed by atoms with Gasteiger partial charge in [0.25, 0.3) is 7.82 Å². The molecule has 0 aromatic rings. The molecule has 0 aliphatic heterocycles. The third kappa shape index (κ3) is 55.9. The lowest BCUT2D eigenvalue weighted by Crippen LogP contribution is -2.47. The Morgan fingerprint density at radius 3 is 1.26 bits per heavy atom. The largest absolute Gasteiger partial charge is 0.756 e. The summed E-state index contributed by atoms with van der Waals surface area (Å²) in [5.41, 5.74) is 0. The van der Waals surface area contributed by atoms with E-state index in [2.05, 4.69) is 99.0 Å². The van der Waals surface area contributed by atoms with E-state index >= 15 is 0 Å². The molecule has 9 nitrogen and oxygen atoms in total. The Kier molecular flexibility index (Phi) is 53.5. The number of nitrogens with one attached hydrogen (secondary N) is 1. The summed E-state index contributed by atoms with van der Waals surface area (Å²) < 4.78 is 30.3. The lowest BCUT2D eigenvalue weighted by molar-refractivity contribution is -0.870. The molecule has 1 N–H and O–H groups in total. The number of esters is 1. The number of hydrogen-bond donors (Lipinski definition) is 1. The zero-order chi connectivity index (χ0) is 55.7. The van der Waals surface area contributed by atoms with E-state index in [0.29, 0.717) is 17.4 Å². The molecule has 3 atom stereocenters. The van der Waals surface area contributed by atoms with Crippen LogP contribution in [-0.4, -0.2) is 69.4 Å². The van der Waals surface area contributed by atoms with Gasteiger partial charge in [-0.3, -0.25) is 14.2 Å². The molecule has 0 fully saturated rings. The van der Waals surface area contributed by atoms with Crippen molar-refractivity contribution in [2.75, 3.05) is 40.9 Å². The highest BCUT2D eigenvalue weighted by Crippen LogP contribution is 2.38. The highest BCUT2D eigenvalue weighted by atomic mass is 31.2. The molecule has 1 amide bonds. The summed E-state index contributed by atoms with van der Waals surface area (Å²) in [5, 5.41) is 3.02. The van der Waals surface area contributed by atoms with Crippen LogP contribution in [0.15, 0.2) is 85.1 Å². The van der Waals surface area contributed by atoms with Crippen molar-refractivity contribution < 1.29 is 37.3 Å². The summed E-state index contributed by atoms with van der Waals surface area (Å²) in [7, 11) is 1.17. The molecule has 0 aromatic heterocycles. The van der Waals surface area contributed by atoms with Gasteiger partial charge in [0.15, 0.2) is 0 Å². The fraction of sp³-hybridized carbons (Fsp3) is 0.758. The Hall–Kier alpha value is -2.81. The van der Waals surface area contributed by atoms with E-state index in [-0.39, 0.29) is 24.9 Å². The van der Waals surface area contributed by atoms with Crippen molar-refractivity contribution in [3.63, 3.8) is 0 Å². The molecule has 0 saturated heterocycles. The standard InChI is InChI=1S/C66H119N2O7P/c1-7-10-13-16-19-22-25-27-28-29-30-31-32-33-34-35-36-37-38-39-40-41-44-46-49-52-55-58-65(69)67-63(62-74-76(71,72)73-61-60-68(4,5)6)64(57-54-51-48-45-43-26-23-20-17-14-11-8-2)75-66(70)59-56-53-50-47-42-24-21-18-15-12-9-3/h10,13,19,22,27-28,30-31,33-34,36-37,54,57,63-64H,7-9,11-12,14-18,20-21,23-26,29,32,35,38-53,55-56,58-62H2,1-6H3,(H-,67,69,71,72)/b13-10-,22-19-,28-27-,31-30-,34-33-,37-36-,57-54-. The van der Waals surface area contributed by atoms with E-state index in [1.54, 1.807) is 0 Å². The van der Waals surface area contributed by atoms with Gasteiger partial charge in [0.1, 0.15) is 19.3 Å². The van der Waals surface area contributed by atoms with E-state index in [1.165, 1.54) is 128 Å². The molecule has 0 heterocycles. The van der Waals surface area contributed by atoms with Gasteiger partial charge in [-0.15, -0.1) is 0 Å². The first-order chi connectivity index (χ1) is 36.9. The maximum absolute atomic E-state index is 13.5. The number of hydrogen-bond acceptors (Lipinski definition) is 7. The van der Waals surface area contributed by atoms with Crippen molar-refractivity contribution in [3.05, 3.63) is 85.1 Å². The number of unbranched alkanes of at least 4 members (excludes halogenated alkanes) is 28. The van der Waals surface area contributed by atoms with Gasteiger partial charge in [-0.25, -0.2) is 0 Å². The average Bonchev–Trinajstić information content (AvgIpc) is 3.38. The number of carbonyl (C=O) groups excluding carboxylic acids is 2. The molecular formula is C66H119N2O7P. The maximum atomic E-state index is 13.5. The topological polar surface area (TPSA) is 114 Å². The number of likely N-dealkylation sites (N-methyl/N-ethyl adjacent to an activating group) is 1. The van der Waals surface area contributed by atoms with Gasteiger partial charge in [-0.05, 0) is 83.1 Å². The van der Waals surface area contributed by atoms with Crippen molar-refractivity contribution in [1.82, 2.24) is 5.32 Å². The summed E-state index contributed by atoms with van der Waals surface area (Å²) in [6.45, 7) is 6.71. The van der Waals surface area contributed by atoms with Gasteiger partial charge in [0.05, 0.1) is 33.8 Å². The lowest BCUT2D eigenvalue weighted by atomic mass is 10.0. The Labute approximate surface area is 469 Å². The van der Waals surface area contributed by atoms with Crippen LogP contribution < -0.4 is 10.2 Å². The number of amides is 1. The van der Waals surface area contributed by atoms with Crippen LogP contribution in [0, 0.1) is 0 Å². The normalized spacial score (nSPS) is 14.2. The predicted octanol–water partition coefficient (Wildman–Crippen LogP) is 18.8. The molecule has 0 rings (SSSR count). The first kappa shape index (κ1) is 73.2. The minimum absolute atomic E-state index is 0.0260. The molecule has 3 unspecified atom stereocenters. The minimum Gasteiger partial charge on any atom is -0.756 e. The molecule has 0 aromatic carbocycles. The van der Waals surface area contributed by atoms with Crippen LogP contribution in [0.2, 0.25) is 0 Å². The summed E-state index contributed by atoms with van der Waals surface area (Å²) >= 11 is 0. The molecule has 10 heteroatoms. The van der Waals surface area contributed by atoms with Crippen molar-refractivity contribution in [3.8, 4) is 0 Å². The number of rotatable bonds is 56. The maximum Gasteiger partial charge on any atom is 0.306 e. The van der Waals surface area contributed by atoms with E-state index in [9.17, 15) is 19.0 Å². The monoisotopic (exact) mass is 1080 g/mol. The fourth-order valence-corrected chi connectivity index (χ4v) is 9.48. The Morgan fingerprint density at radius 2 is 0.842 bits per heavy atom. The van der Waals surface area contributed by atoms with Crippen LogP contribution in [0.25, 0.3) is 0 Å². The minimum atomic E-state index is -4.70. The van der Waals surface area contributed by atoms with Crippen LogP contribution in [-0.2, 0) is 27.9 Å². The number of carbonyl (C=O) groups is 2. The number of allylic oxidation sites excluding steroid dienone is 13. The Balaban J connectivity index is 5.09. The van der Waals surface area contributed by atoms with Crippen LogP contribution in [0.3, 0.4) is 0 Å². The number of nitrogens with zero attached hydrogens (tertiary/aromatic N) is 1. The van der Waals surface area contributed by atoms with Crippen LogP contribution >= 0.6 is 7.82 Å². The van der Waals surface area contributed by atoms with E-state index < -0.39 is 26.6 Å². The summed E-state index contributed by atoms with van der Waals surface area (Å²) in [6.07, 6.45) is 72.7. The van der Waals surface area contributed by atoms with E-state index in [4.69, 9.17) is 13.8 Å². The van der Waals surface area contributed by atoms with Crippen LogP contribution in [0.4, 0.5) is 0 Å². The quantitative estimate of drug-likeness (QED) is 0.0212. The average molecular weight is 1080 g/mol. The second-order valence-electron chi connectivity index (χ2n) is 22.2. The zero-order valence-corrected chi connectivity index (χ0v) is 51.1. The number of phosphoric ester groups is 1. The molecule has 0 bridgehead atoms. The van der Waals surface area contributed by atoms with Gasteiger partial charge in [0, 0.05) is 12.8 Å². The summed E-state index contributed by atoms with van der Waals surface area (Å²) in [6, 6.07) is -0.894. The van der Waals surface area contributed by atoms with Crippen LogP contribution in [0.1, 0.15) is 271 Å². The molecule has 0 saturated carbocycles. The first-order valence-corrected chi connectivity index (χ1v) is 32.9. The third-order valence-corrected chi connectivity index (χ3v) is 14.6. The van der Waals surface area contributed by atoms with Gasteiger partial charge in [-0.1, -0.05) is 260 Å². The number of quaternary nitrogens is 1. The third-order valence-electron chi connectivity index (χ3n) is 13.6. The zero-order valence-electron chi connectivity index (χ0n) is 50.2. The van der Waals surface area contributed by atoms with Crippen molar-refractivity contribution in [1.29, 1.82) is 0 Å². The SMILES string of the molecule is CC/C=C\C/C=C\C/C=C\C/C=C\C/C=C\C/C=C\CCCCCCCCCCC(=O)NC(COP(=O)([O-])OCC[N+](C)(C)C)C(/C=C\CCCCCCCCCCCC)OC(=O)CCCCCCCCCCCCC. The molecule has 0 aliphatic carbocycles. The summed E-state index contributed by atoms with van der Waals surface area (Å²) in [5.74, 6) is -0.550. The van der Waals surface area contributed by atoms with Gasteiger partial charge in [0.2, 0.25) is 5.91 Å². The Morgan fingerprint density at radius 1 is 0.474 bits per heavy atom. The second-order valence-corrected chi connectivity index (χ2v) is 23.6. The predicted molar refractivity (Wildman–Crippen MR) is 325 cm³/mol. The smallest absolute Gasteiger partial charge is 0.306 e. The van der Waals surface area contributed by atoms with Gasteiger partial charge in [-0.2, -0.15) is 0 Å². The van der Waals surface area contributed by atoms with Gasteiger partial charge >= 0.3 is 5.97 Å². The lowest BCUT2D eigenvalue weighted by Gasteiger charge is -2.30. The van der Waals surface area contributed by atoms with Crippen molar-refractivity contribution in [2.45, 2.75) is 283 Å². The molecule has 0 aliphatic rings. The number of ether oxygens (including phenoxy) is 1. The van der Waals surface area contributed by atoms with E-state index in [0.717, 1.165) is 109 Å². The fourth-order valence-electron chi connectivity index (χ4n) is 8.76. The number of phosphoric acid groups is 1. The molecule has 440 valence electrons. The second kappa shape index (κ2) is 55.5. The Bertz CT molecular complexity index is 1580. The first-order valence-electron chi connectivity index (χ1n) is 31.4. The summed E-state index contributed by atoms with van der Waals surface area (Å²) in [4.78, 5) is 39.9. The molecular weight excluding hydrogens is 964 g/mol.